The first-order valence-corrected chi connectivity index (χ1v) is 7.98. The number of aliphatic hydroxyl groups is 4. The summed E-state index contributed by atoms with van der Waals surface area (Å²) < 4.78 is 5.58. The second-order valence-corrected chi connectivity index (χ2v) is 6.72. The van der Waals surface area contributed by atoms with Gasteiger partial charge in [-0.1, -0.05) is 11.6 Å². The Labute approximate surface area is 148 Å². The van der Waals surface area contributed by atoms with Crippen molar-refractivity contribution >= 4 is 44.4 Å². The number of hydrogen-bond donors (Lipinski definition) is 6. The van der Waals surface area contributed by atoms with Gasteiger partial charge in [0.1, 0.15) is 18.3 Å². The van der Waals surface area contributed by atoms with E-state index >= 15 is 0 Å². The van der Waals surface area contributed by atoms with E-state index in [0.29, 0.717) is 9.99 Å². The van der Waals surface area contributed by atoms with Gasteiger partial charge < -0.3 is 35.3 Å². The fourth-order valence-corrected chi connectivity index (χ4v) is 3.39. The minimum atomic E-state index is -2.59. The molecule has 5 atom stereocenters. The molecular formula is C14H13BrClNO7. The van der Waals surface area contributed by atoms with Crippen LogP contribution in [0.2, 0.25) is 5.02 Å². The van der Waals surface area contributed by atoms with E-state index in [9.17, 15) is 25.2 Å². The Morgan fingerprint density at radius 3 is 2.58 bits per heavy atom. The Hall–Kier alpha value is -1.20. The van der Waals surface area contributed by atoms with E-state index in [0.717, 1.165) is 0 Å². The highest BCUT2D eigenvalue weighted by atomic mass is 79.9. The first-order valence-electron chi connectivity index (χ1n) is 6.81. The smallest absolute Gasteiger partial charge is 0.335 e. The second kappa shape index (κ2) is 5.95. The highest BCUT2D eigenvalue weighted by molar-refractivity contribution is 9.10. The first-order chi connectivity index (χ1) is 11.2. The van der Waals surface area contributed by atoms with Gasteiger partial charge in [-0.2, -0.15) is 0 Å². The molecule has 1 unspecified atom stereocenters. The summed E-state index contributed by atoms with van der Waals surface area (Å²) in [6.45, 7) is 0. The number of halogens is 2. The molecule has 8 nitrogen and oxygen atoms in total. The molecule has 3 rings (SSSR count). The number of benzene rings is 1. The van der Waals surface area contributed by atoms with Crippen LogP contribution >= 0.6 is 27.5 Å². The predicted molar refractivity (Wildman–Crippen MR) is 85.4 cm³/mol. The summed E-state index contributed by atoms with van der Waals surface area (Å²) in [6, 6.07) is 3.30. The molecule has 6 N–H and O–H groups in total. The van der Waals surface area contributed by atoms with Crippen molar-refractivity contribution in [1.82, 2.24) is 4.98 Å². The van der Waals surface area contributed by atoms with Crippen LogP contribution in [0.3, 0.4) is 0 Å². The molecule has 1 aliphatic heterocycles. The predicted octanol–water partition coefficient (Wildman–Crippen LogP) is 0.295. The summed E-state index contributed by atoms with van der Waals surface area (Å²) in [4.78, 5) is 14.1. The van der Waals surface area contributed by atoms with Crippen molar-refractivity contribution in [1.29, 1.82) is 0 Å². The normalized spacial score (nSPS) is 33.8. The van der Waals surface area contributed by atoms with Crippen molar-refractivity contribution in [2.75, 3.05) is 0 Å². The molecule has 1 saturated heterocycles. The third-order valence-electron chi connectivity index (χ3n) is 4.06. The molecule has 2 aromatic rings. The number of carboxylic acid groups (broad SMARTS) is 1. The van der Waals surface area contributed by atoms with Crippen molar-refractivity contribution < 1.29 is 35.1 Å². The Morgan fingerprint density at radius 2 is 1.96 bits per heavy atom. The molecule has 0 radical (unpaired) electrons. The molecule has 10 heteroatoms. The van der Waals surface area contributed by atoms with Crippen LogP contribution in [0.4, 0.5) is 0 Å². The number of nitrogens with one attached hydrogen (secondary N) is 1. The highest BCUT2D eigenvalue weighted by Crippen LogP contribution is 2.43. The van der Waals surface area contributed by atoms with Gasteiger partial charge >= 0.3 is 5.97 Å². The molecule has 0 spiro atoms. The fraction of sp³-hybridized carbons (Fsp3) is 0.357. The van der Waals surface area contributed by atoms with Crippen molar-refractivity contribution in [3.05, 3.63) is 33.4 Å². The van der Waals surface area contributed by atoms with Crippen LogP contribution in [-0.4, -0.2) is 60.9 Å². The van der Waals surface area contributed by atoms with E-state index in [-0.39, 0.29) is 16.0 Å². The second-order valence-electron chi connectivity index (χ2n) is 5.49. The van der Waals surface area contributed by atoms with E-state index in [1.807, 2.05) is 0 Å². The van der Waals surface area contributed by atoms with Crippen molar-refractivity contribution in [2.24, 2.45) is 0 Å². The molecule has 0 aliphatic carbocycles. The Balaban J connectivity index is 2.19. The molecule has 24 heavy (non-hydrogen) atoms. The SMILES string of the molecule is O=C(O)[C@H]1OC(O)(c2c[nH]c3ccc(Br)c(Cl)c23)[C@H](O)[C@@H](O)[C@@H]1O. The Kier molecular flexibility index (Phi) is 4.37. The monoisotopic (exact) mass is 421 g/mol. The van der Waals surface area contributed by atoms with Gasteiger partial charge in [0.15, 0.2) is 6.10 Å². The van der Waals surface area contributed by atoms with Gasteiger partial charge in [0, 0.05) is 27.1 Å². The molecule has 1 fully saturated rings. The minimum Gasteiger partial charge on any atom is -0.479 e. The van der Waals surface area contributed by atoms with E-state index in [2.05, 4.69) is 20.9 Å². The summed E-state index contributed by atoms with van der Waals surface area (Å²) in [6.07, 6.45) is -6.51. The summed E-state index contributed by atoms with van der Waals surface area (Å²) in [5.74, 6) is -4.19. The highest BCUT2D eigenvalue weighted by Gasteiger charge is 2.56. The van der Waals surface area contributed by atoms with Crippen molar-refractivity contribution in [2.45, 2.75) is 30.2 Å². The van der Waals surface area contributed by atoms with Crippen LogP contribution in [0.25, 0.3) is 10.9 Å². The zero-order valence-electron chi connectivity index (χ0n) is 11.8. The van der Waals surface area contributed by atoms with Crippen LogP contribution in [0, 0.1) is 0 Å². The average molecular weight is 423 g/mol. The molecular weight excluding hydrogens is 410 g/mol. The lowest BCUT2D eigenvalue weighted by atomic mass is 9.88. The molecule has 0 amide bonds. The fourth-order valence-electron chi connectivity index (χ4n) is 2.79. The number of aromatic nitrogens is 1. The quantitative estimate of drug-likeness (QED) is 0.408. The average Bonchev–Trinajstić information content (AvgIpc) is 2.97. The molecule has 1 aromatic heterocycles. The summed E-state index contributed by atoms with van der Waals surface area (Å²) >= 11 is 9.46. The van der Waals surface area contributed by atoms with Crippen molar-refractivity contribution in [3.8, 4) is 0 Å². The number of fused-ring (bicyclic) bond motifs is 1. The number of carbonyl (C=O) groups is 1. The zero-order valence-corrected chi connectivity index (χ0v) is 14.2. The van der Waals surface area contributed by atoms with E-state index in [4.69, 9.17) is 21.4 Å². The third-order valence-corrected chi connectivity index (χ3v) is 5.34. The van der Waals surface area contributed by atoms with E-state index in [1.54, 1.807) is 12.1 Å². The summed E-state index contributed by atoms with van der Waals surface area (Å²) in [5, 5.41) is 50.3. The number of ether oxygens (including phenoxy) is 1. The molecule has 1 aromatic carbocycles. The molecule has 0 bridgehead atoms. The van der Waals surface area contributed by atoms with Gasteiger partial charge in [-0.05, 0) is 28.1 Å². The summed E-state index contributed by atoms with van der Waals surface area (Å²) in [5.41, 5.74) is 0.434. The number of aliphatic carboxylic acids is 1. The van der Waals surface area contributed by atoms with E-state index in [1.165, 1.54) is 6.20 Å². The maximum Gasteiger partial charge on any atom is 0.335 e. The maximum atomic E-state index is 11.2. The van der Waals surface area contributed by atoms with Gasteiger partial charge in [0.25, 0.3) is 0 Å². The number of carboxylic acids is 1. The third kappa shape index (κ3) is 2.44. The van der Waals surface area contributed by atoms with Crippen LogP contribution < -0.4 is 0 Å². The Morgan fingerprint density at radius 1 is 1.29 bits per heavy atom. The van der Waals surface area contributed by atoms with Gasteiger partial charge in [-0.3, -0.25) is 0 Å². The molecule has 130 valence electrons. The van der Waals surface area contributed by atoms with Crippen LogP contribution in [-0.2, 0) is 15.3 Å². The van der Waals surface area contributed by atoms with Gasteiger partial charge in [-0.25, -0.2) is 4.79 Å². The number of H-pyrrole nitrogens is 1. The molecule has 0 saturated carbocycles. The number of rotatable bonds is 2. The van der Waals surface area contributed by atoms with Gasteiger partial charge in [0.05, 0.1) is 5.02 Å². The lowest BCUT2D eigenvalue weighted by Crippen LogP contribution is -2.64. The van der Waals surface area contributed by atoms with Crippen LogP contribution in [0.15, 0.2) is 22.8 Å². The zero-order chi connectivity index (χ0) is 17.8. The first kappa shape index (κ1) is 17.6. The van der Waals surface area contributed by atoms with Gasteiger partial charge in [0.2, 0.25) is 5.79 Å². The molecule has 2 heterocycles. The Bertz CT molecular complexity index is 812. The van der Waals surface area contributed by atoms with Crippen LogP contribution in [0.5, 0.6) is 0 Å². The summed E-state index contributed by atoms with van der Waals surface area (Å²) in [7, 11) is 0. The standard InChI is InChI=1S/C14H13BrClNO7/c15-5-1-2-6-7(8(5)16)4(3-17-6)14(23)12(20)10(19)9(18)11(24-14)13(21)22/h1-3,9-12,17-20,23H,(H,21,22)/t9-,10-,11-,12+,14?/m0/s1. The lowest BCUT2D eigenvalue weighted by Gasteiger charge is -2.44. The number of hydrogen-bond acceptors (Lipinski definition) is 6. The number of aromatic amines is 1. The van der Waals surface area contributed by atoms with Crippen LogP contribution in [0.1, 0.15) is 5.56 Å². The molecule has 1 aliphatic rings. The largest absolute Gasteiger partial charge is 0.479 e. The number of aliphatic hydroxyl groups excluding tert-OH is 3. The minimum absolute atomic E-state index is 0.0616. The maximum absolute atomic E-state index is 11.2. The topological polar surface area (TPSA) is 143 Å². The van der Waals surface area contributed by atoms with Crippen molar-refractivity contribution in [3.63, 3.8) is 0 Å². The van der Waals surface area contributed by atoms with Gasteiger partial charge in [-0.15, -0.1) is 0 Å². The lowest BCUT2D eigenvalue weighted by molar-refractivity contribution is -0.349. The van der Waals surface area contributed by atoms with E-state index < -0.39 is 36.2 Å².